The van der Waals surface area contributed by atoms with Crippen LogP contribution in [-0.2, 0) is 9.59 Å². The second-order valence-corrected chi connectivity index (χ2v) is 7.36. The summed E-state index contributed by atoms with van der Waals surface area (Å²) in [5.74, 6) is -0.106. The molecule has 2 aromatic carbocycles. The standard InChI is InChI=1S/C23H24N2O2/c26-21-17-23(16-15-18-9-3-1-4-10-18,22(27)24-19-11-7-8-12-19)25(21)20-13-5-2-6-14-20/h1-6,9-10,13-16,19H,7-8,11-12,17H2,(H,24,27)/b16-15+/t23-/m1/s1. The van der Waals surface area contributed by atoms with Gasteiger partial charge in [-0.25, -0.2) is 0 Å². The summed E-state index contributed by atoms with van der Waals surface area (Å²) < 4.78 is 0. The summed E-state index contributed by atoms with van der Waals surface area (Å²) in [6.07, 6.45) is 8.37. The van der Waals surface area contributed by atoms with Gasteiger partial charge in [-0.3, -0.25) is 14.5 Å². The van der Waals surface area contributed by atoms with Gasteiger partial charge in [0, 0.05) is 11.7 Å². The molecule has 27 heavy (non-hydrogen) atoms. The van der Waals surface area contributed by atoms with Crippen LogP contribution in [0.4, 0.5) is 5.69 Å². The summed E-state index contributed by atoms with van der Waals surface area (Å²) in [6.45, 7) is 0. The van der Waals surface area contributed by atoms with Crippen LogP contribution in [0, 0.1) is 0 Å². The average molecular weight is 360 g/mol. The summed E-state index contributed by atoms with van der Waals surface area (Å²) in [5, 5.41) is 3.19. The van der Waals surface area contributed by atoms with Crippen LogP contribution < -0.4 is 10.2 Å². The molecule has 0 bridgehead atoms. The van der Waals surface area contributed by atoms with Crippen molar-refractivity contribution in [1.82, 2.24) is 5.32 Å². The molecule has 4 nitrogen and oxygen atoms in total. The lowest BCUT2D eigenvalue weighted by molar-refractivity contribution is -0.137. The highest BCUT2D eigenvalue weighted by Gasteiger charge is 2.55. The number of rotatable bonds is 5. The van der Waals surface area contributed by atoms with Crippen LogP contribution in [0.25, 0.3) is 6.08 Å². The molecule has 138 valence electrons. The van der Waals surface area contributed by atoms with E-state index in [1.807, 2.05) is 72.8 Å². The van der Waals surface area contributed by atoms with Crippen molar-refractivity contribution >= 4 is 23.6 Å². The van der Waals surface area contributed by atoms with Crippen LogP contribution >= 0.6 is 0 Å². The van der Waals surface area contributed by atoms with Gasteiger partial charge in [0.15, 0.2) is 5.54 Å². The molecule has 2 aromatic rings. The molecule has 2 fully saturated rings. The topological polar surface area (TPSA) is 49.4 Å². The van der Waals surface area contributed by atoms with Crippen LogP contribution in [-0.4, -0.2) is 23.4 Å². The average Bonchev–Trinajstić information content (AvgIpc) is 3.19. The molecule has 0 unspecified atom stereocenters. The minimum Gasteiger partial charge on any atom is -0.351 e. The van der Waals surface area contributed by atoms with E-state index in [1.54, 1.807) is 4.90 Å². The number of amides is 2. The Morgan fingerprint density at radius 2 is 1.63 bits per heavy atom. The van der Waals surface area contributed by atoms with Gasteiger partial charge in [0.1, 0.15) is 0 Å². The van der Waals surface area contributed by atoms with Crippen molar-refractivity contribution in [1.29, 1.82) is 0 Å². The molecule has 1 aliphatic carbocycles. The Labute approximate surface area is 159 Å². The van der Waals surface area contributed by atoms with Crippen LogP contribution in [0.5, 0.6) is 0 Å². The zero-order valence-corrected chi connectivity index (χ0v) is 15.3. The van der Waals surface area contributed by atoms with Crippen molar-refractivity contribution in [3.63, 3.8) is 0 Å². The maximum Gasteiger partial charge on any atom is 0.251 e. The van der Waals surface area contributed by atoms with Gasteiger partial charge in [-0.2, -0.15) is 0 Å². The Balaban J connectivity index is 1.67. The van der Waals surface area contributed by atoms with Crippen molar-refractivity contribution in [3.8, 4) is 0 Å². The predicted molar refractivity (Wildman–Crippen MR) is 107 cm³/mol. The lowest BCUT2D eigenvalue weighted by Crippen LogP contribution is -2.70. The second-order valence-electron chi connectivity index (χ2n) is 7.36. The number of para-hydroxylation sites is 1. The van der Waals surface area contributed by atoms with Gasteiger partial charge in [-0.15, -0.1) is 0 Å². The maximum atomic E-state index is 13.3. The van der Waals surface area contributed by atoms with Crippen LogP contribution in [0.2, 0.25) is 0 Å². The fourth-order valence-electron chi connectivity index (χ4n) is 4.04. The largest absolute Gasteiger partial charge is 0.351 e. The number of hydrogen-bond donors (Lipinski definition) is 1. The van der Waals surface area contributed by atoms with E-state index in [2.05, 4.69) is 5.32 Å². The molecule has 1 saturated heterocycles. The zero-order valence-electron chi connectivity index (χ0n) is 15.3. The predicted octanol–water partition coefficient (Wildman–Crippen LogP) is 3.93. The number of β-lactam (4-membered cyclic amide) rings is 1. The molecule has 4 rings (SSSR count). The van der Waals surface area contributed by atoms with Crippen molar-refractivity contribution in [2.24, 2.45) is 0 Å². The van der Waals surface area contributed by atoms with Crippen molar-refractivity contribution in [3.05, 3.63) is 72.3 Å². The third-order valence-corrected chi connectivity index (χ3v) is 5.52. The molecular weight excluding hydrogens is 336 g/mol. The molecule has 4 heteroatoms. The fraction of sp³-hybridized carbons (Fsp3) is 0.304. The molecule has 2 aliphatic rings. The smallest absolute Gasteiger partial charge is 0.251 e. The van der Waals surface area contributed by atoms with Crippen molar-refractivity contribution in [2.45, 2.75) is 43.7 Å². The van der Waals surface area contributed by atoms with Crippen LogP contribution in [0.15, 0.2) is 66.7 Å². The Hall–Kier alpha value is -2.88. The summed E-state index contributed by atoms with van der Waals surface area (Å²) in [5.41, 5.74) is 0.808. The van der Waals surface area contributed by atoms with E-state index in [0.717, 1.165) is 36.9 Å². The van der Waals surface area contributed by atoms with Crippen molar-refractivity contribution < 1.29 is 9.59 Å². The highest BCUT2D eigenvalue weighted by molar-refractivity contribution is 6.15. The number of nitrogens with zero attached hydrogens (tertiary/aromatic N) is 1. The molecule has 2 amide bonds. The number of anilines is 1. The molecule has 0 radical (unpaired) electrons. The molecule has 1 saturated carbocycles. The Morgan fingerprint density at radius 3 is 2.26 bits per heavy atom. The Morgan fingerprint density at radius 1 is 1.00 bits per heavy atom. The first-order valence-electron chi connectivity index (χ1n) is 9.62. The molecule has 1 aliphatic heterocycles. The Kier molecular flexibility index (Phi) is 4.80. The molecule has 1 atom stereocenters. The quantitative estimate of drug-likeness (QED) is 0.821. The summed E-state index contributed by atoms with van der Waals surface area (Å²) >= 11 is 0. The van der Waals surface area contributed by atoms with E-state index >= 15 is 0 Å². The number of carbonyl (C=O) groups excluding carboxylic acids is 2. The minimum atomic E-state index is -0.961. The molecule has 1 N–H and O–H groups in total. The maximum absolute atomic E-state index is 13.3. The molecular formula is C23H24N2O2. The molecule has 1 heterocycles. The lowest BCUT2D eigenvalue weighted by Gasteiger charge is -2.49. The number of hydrogen-bond acceptors (Lipinski definition) is 2. The monoisotopic (exact) mass is 360 g/mol. The summed E-state index contributed by atoms with van der Waals surface area (Å²) in [7, 11) is 0. The van der Waals surface area contributed by atoms with E-state index in [9.17, 15) is 9.59 Å². The minimum absolute atomic E-state index is 0.0273. The van der Waals surface area contributed by atoms with E-state index in [4.69, 9.17) is 0 Å². The second kappa shape index (κ2) is 7.39. The lowest BCUT2D eigenvalue weighted by atomic mass is 9.80. The first kappa shape index (κ1) is 17.5. The fourth-order valence-corrected chi connectivity index (χ4v) is 4.04. The summed E-state index contributed by atoms with van der Waals surface area (Å²) in [4.78, 5) is 27.4. The molecule has 0 spiro atoms. The number of benzene rings is 2. The van der Waals surface area contributed by atoms with Crippen LogP contribution in [0.3, 0.4) is 0 Å². The number of nitrogens with one attached hydrogen (secondary N) is 1. The first-order valence-corrected chi connectivity index (χ1v) is 9.62. The SMILES string of the molecule is O=C1C[C@](/C=C/c2ccccc2)(C(=O)NC2CCCC2)N1c1ccccc1. The van der Waals surface area contributed by atoms with E-state index in [-0.39, 0.29) is 24.3 Å². The van der Waals surface area contributed by atoms with Gasteiger partial charge in [0.25, 0.3) is 5.91 Å². The van der Waals surface area contributed by atoms with Gasteiger partial charge in [-0.05, 0) is 36.6 Å². The highest BCUT2D eigenvalue weighted by atomic mass is 16.2. The third-order valence-electron chi connectivity index (χ3n) is 5.52. The summed E-state index contributed by atoms with van der Waals surface area (Å²) in [6, 6.07) is 19.5. The van der Waals surface area contributed by atoms with E-state index in [0.29, 0.717) is 0 Å². The van der Waals surface area contributed by atoms with Gasteiger partial charge >= 0.3 is 0 Å². The highest BCUT2D eigenvalue weighted by Crippen LogP contribution is 2.39. The molecule has 0 aromatic heterocycles. The van der Waals surface area contributed by atoms with E-state index in [1.165, 1.54) is 0 Å². The van der Waals surface area contributed by atoms with Gasteiger partial charge < -0.3 is 5.32 Å². The van der Waals surface area contributed by atoms with Gasteiger partial charge in [-0.1, -0.05) is 67.4 Å². The Bertz CT molecular complexity index is 841. The number of carbonyl (C=O) groups is 2. The van der Waals surface area contributed by atoms with Gasteiger partial charge in [0.05, 0.1) is 6.42 Å². The normalized spacial score (nSPS) is 22.8. The third kappa shape index (κ3) is 3.39. The first-order chi connectivity index (χ1) is 13.2. The van der Waals surface area contributed by atoms with Crippen molar-refractivity contribution in [2.75, 3.05) is 4.90 Å². The van der Waals surface area contributed by atoms with Crippen LogP contribution in [0.1, 0.15) is 37.7 Å². The van der Waals surface area contributed by atoms with Gasteiger partial charge in [0.2, 0.25) is 5.91 Å². The zero-order chi connectivity index (χ0) is 18.7. The van der Waals surface area contributed by atoms with E-state index < -0.39 is 5.54 Å².